The van der Waals surface area contributed by atoms with E-state index in [-0.39, 0.29) is 25.8 Å². The lowest BCUT2D eigenvalue weighted by atomic mass is 10.0. The zero-order valence-corrected chi connectivity index (χ0v) is 34.3. The van der Waals surface area contributed by atoms with Crippen molar-refractivity contribution < 1.29 is 24.0 Å². The Morgan fingerprint density at radius 2 is 1.42 bits per heavy atom. The van der Waals surface area contributed by atoms with Gasteiger partial charge in [0.1, 0.15) is 18.1 Å². The maximum atomic E-state index is 14.2. The number of anilines is 1. The summed E-state index contributed by atoms with van der Waals surface area (Å²) in [7, 11) is 0. The van der Waals surface area contributed by atoms with Crippen molar-refractivity contribution in [3.05, 3.63) is 120 Å². The van der Waals surface area contributed by atoms with E-state index in [4.69, 9.17) is 5.73 Å². The zero-order valence-electron chi connectivity index (χ0n) is 34.3. The molecule has 5 aromatic rings. The number of aromatic amines is 2. The lowest BCUT2D eigenvalue weighted by molar-refractivity contribution is -0.133. The van der Waals surface area contributed by atoms with Crippen molar-refractivity contribution in [3.8, 4) is 0 Å². The number of nitrogens with zero attached hydrogens (tertiary/aromatic N) is 1. The third-order valence-electron chi connectivity index (χ3n) is 10.1. The van der Waals surface area contributed by atoms with Crippen molar-refractivity contribution in [2.24, 2.45) is 5.73 Å². The van der Waals surface area contributed by atoms with Gasteiger partial charge in [0.25, 0.3) is 0 Å². The molecule has 4 atom stereocenters. The first-order chi connectivity index (χ1) is 29.0. The van der Waals surface area contributed by atoms with Gasteiger partial charge >= 0.3 is 6.03 Å². The van der Waals surface area contributed by atoms with E-state index in [2.05, 4.69) is 66.2 Å². The molecular formula is C44H57N11O5. The quantitative estimate of drug-likeness (QED) is 0.0366. The Kier molecular flexibility index (Phi) is 16.8. The van der Waals surface area contributed by atoms with E-state index in [0.29, 0.717) is 43.1 Å². The molecule has 2 aromatic heterocycles. The second-order valence-electron chi connectivity index (χ2n) is 15.1. The third kappa shape index (κ3) is 13.8. The van der Waals surface area contributed by atoms with Crippen LogP contribution < -0.4 is 43.2 Å². The number of carbonyl (C=O) groups is 5. The molecule has 0 saturated heterocycles. The number of aromatic nitrogens is 3. The van der Waals surface area contributed by atoms with Crippen molar-refractivity contribution in [1.82, 2.24) is 47.1 Å². The summed E-state index contributed by atoms with van der Waals surface area (Å²) in [5.41, 5.74) is 16.9. The van der Waals surface area contributed by atoms with Crippen LogP contribution in [0.4, 0.5) is 10.5 Å². The highest BCUT2D eigenvalue weighted by Crippen LogP contribution is 2.20. The summed E-state index contributed by atoms with van der Waals surface area (Å²) in [4.78, 5) is 76.9. The smallest absolute Gasteiger partial charge is 0.333 e. The lowest BCUT2D eigenvalue weighted by Gasteiger charge is -2.26. The number of nitrogens with two attached hydrogens (primary N) is 1. The fourth-order valence-corrected chi connectivity index (χ4v) is 6.82. The SMILES string of the molecule is CC(=O)N[C@@H](Cc1cnc[nH]1)C(=O)N[C@H](Cc1ccccc1)C(=O)N[C@@H](CCCCNNC(=O)Nc1ccc(C(C)C)cc1)C(=O)N[C@H](CN)Cc1c[nH]c2ccccc12. The van der Waals surface area contributed by atoms with Crippen molar-refractivity contribution in [1.29, 1.82) is 0 Å². The number of unbranched alkanes of at least 4 members (excludes halogenated alkanes) is 1. The molecule has 6 amide bonds. The highest BCUT2D eigenvalue weighted by molar-refractivity contribution is 5.94. The minimum atomic E-state index is -1.10. The topological polar surface area (TPSA) is 240 Å². The number of hydrogen-bond acceptors (Lipinski definition) is 8. The summed E-state index contributed by atoms with van der Waals surface area (Å²) < 4.78 is 0. The van der Waals surface area contributed by atoms with Gasteiger partial charge in [0.15, 0.2) is 0 Å². The van der Waals surface area contributed by atoms with E-state index in [0.717, 1.165) is 22.0 Å². The number of para-hydroxylation sites is 1. The van der Waals surface area contributed by atoms with E-state index in [1.165, 1.54) is 18.8 Å². The van der Waals surface area contributed by atoms with Gasteiger partial charge in [-0.05, 0) is 66.5 Å². The number of fused-ring (bicyclic) bond motifs is 1. The van der Waals surface area contributed by atoms with Crippen LogP contribution >= 0.6 is 0 Å². The Morgan fingerprint density at radius 3 is 2.10 bits per heavy atom. The molecule has 0 spiro atoms. The number of imidazole rings is 1. The molecule has 0 bridgehead atoms. The molecule has 16 nitrogen and oxygen atoms in total. The summed E-state index contributed by atoms with van der Waals surface area (Å²) in [5.74, 6) is -1.61. The molecule has 0 radical (unpaired) electrons. The first-order valence-corrected chi connectivity index (χ1v) is 20.3. The number of benzene rings is 3. The van der Waals surface area contributed by atoms with E-state index >= 15 is 0 Å². The second-order valence-corrected chi connectivity index (χ2v) is 15.1. The Hall–Kier alpha value is -6.52. The van der Waals surface area contributed by atoms with Crippen LogP contribution in [-0.4, -0.2) is 81.9 Å². The van der Waals surface area contributed by atoms with Crippen molar-refractivity contribution in [2.45, 2.75) is 89.4 Å². The van der Waals surface area contributed by atoms with Crippen LogP contribution in [0.25, 0.3) is 10.9 Å². The average molecular weight is 820 g/mol. The van der Waals surface area contributed by atoms with Crippen molar-refractivity contribution in [3.63, 3.8) is 0 Å². The zero-order chi connectivity index (χ0) is 42.9. The maximum Gasteiger partial charge on any atom is 0.333 e. The van der Waals surface area contributed by atoms with Gasteiger partial charge < -0.3 is 42.3 Å². The molecule has 0 aliphatic heterocycles. The Morgan fingerprint density at radius 1 is 0.733 bits per heavy atom. The standard InChI is InChI=1S/C44H57N11O5/c1-28(2)31-16-18-33(19-17-31)52-44(60)55-49-20-10-9-15-38(41(57)51-34(24-45)22-32-25-47-37-14-8-7-13-36(32)37)53-42(58)39(21-30-11-5-4-6-12-30)54-43(59)40(50-29(3)56)23-35-26-46-27-48-35/h4-8,11-14,16-19,25-28,34,38-40,47,49H,9-10,15,20-24,45H2,1-3H3,(H,46,48)(H,50,56)(H,51,57)(H,53,58)(H,54,59)(H2,52,55,60)/t34-,38-,39+,40-/m0/s1. The molecule has 11 N–H and O–H groups in total. The molecule has 60 heavy (non-hydrogen) atoms. The molecular weight excluding hydrogens is 763 g/mol. The van der Waals surface area contributed by atoms with Gasteiger partial charge in [-0.2, -0.15) is 0 Å². The number of carbonyl (C=O) groups excluding carboxylic acids is 5. The first-order valence-electron chi connectivity index (χ1n) is 20.3. The molecule has 5 rings (SSSR count). The lowest BCUT2D eigenvalue weighted by Crippen LogP contribution is -2.58. The molecule has 3 aromatic carbocycles. The van der Waals surface area contributed by atoms with Crippen molar-refractivity contribution in [2.75, 3.05) is 18.4 Å². The summed E-state index contributed by atoms with van der Waals surface area (Å²) in [6.07, 6.45) is 6.91. The van der Waals surface area contributed by atoms with Crippen LogP contribution in [-0.2, 0) is 38.4 Å². The molecule has 0 aliphatic rings. The van der Waals surface area contributed by atoms with Crippen LogP contribution in [0, 0.1) is 0 Å². The third-order valence-corrected chi connectivity index (χ3v) is 10.1. The predicted octanol–water partition coefficient (Wildman–Crippen LogP) is 3.46. The summed E-state index contributed by atoms with van der Waals surface area (Å²) >= 11 is 0. The molecule has 0 unspecified atom stereocenters. The molecule has 318 valence electrons. The van der Waals surface area contributed by atoms with Crippen LogP contribution in [0.5, 0.6) is 0 Å². The largest absolute Gasteiger partial charge is 0.361 e. The van der Waals surface area contributed by atoms with Crippen LogP contribution in [0.2, 0.25) is 0 Å². The predicted molar refractivity (Wildman–Crippen MR) is 231 cm³/mol. The minimum absolute atomic E-state index is 0.114. The Bertz CT molecular complexity index is 2140. The number of hydrogen-bond donors (Lipinski definition) is 10. The van der Waals surface area contributed by atoms with Crippen molar-refractivity contribution >= 4 is 46.3 Å². The molecule has 16 heteroatoms. The van der Waals surface area contributed by atoms with E-state index < -0.39 is 53.8 Å². The van der Waals surface area contributed by atoms with Gasteiger partial charge in [-0.1, -0.05) is 74.5 Å². The molecule has 0 fully saturated rings. The Balaban J connectivity index is 1.26. The van der Waals surface area contributed by atoms with Gasteiger partial charge in [-0.25, -0.2) is 15.2 Å². The van der Waals surface area contributed by atoms with Gasteiger partial charge in [0.2, 0.25) is 23.6 Å². The fraction of sp³-hybridized carbons (Fsp3) is 0.364. The normalized spacial score (nSPS) is 13.2. The monoisotopic (exact) mass is 819 g/mol. The summed E-state index contributed by atoms with van der Waals surface area (Å²) in [6.45, 7) is 6.06. The molecule has 2 heterocycles. The number of hydrazine groups is 1. The van der Waals surface area contributed by atoms with E-state index in [1.54, 1.807) is 6.20 Å². The fourth-order valence-electron chi connectivity index (χ4n) is 6.82. The molecule has 0 aliphatic carbocycles. The van der Waals surface area contributed by atoms with Gasteiger partial charge in [0.05, 0.1) is 6.33 Å². The van der Waals surface area contributed by atoms with Gasteiger partial charge in [0, 0.05) is 73.6 Å². The first kappa shape index (κ1) is 44.6. The van der Waals surface area contributed by atoms with Crippen LogP contribution in [0.3, 0.4) is 0 Å². The number of H-pyrrole nitrogens is 2. The van der Waals surface area contributed by atoms with Gasteiger partial charge in [-0.3, -0.25) is 24.6 Å². The Labute approximate surface area is 350 Å². The van der Waals surface area contributed by atoms with Crippen LogP contribution in [0.1, 0.15) is 68.3 Å². The summed E-state index contributed by atoms with van der Waals surface area (Å²) in [5, 5.41) is 15.3. The molecule has 0 saturated carbocycles. The van der Waals surface area contributed by atoms with E-state index in [9.17, 15) is 24.0 Å². The van der Waals surface area contributed by atoms with Gasteiger partial charge in [-0.15, -0.1) is 0 Å². The van der Waals surface area contributed by atoms with E-state index in [1.807, 2.05) is 85.1 Å². The number of urea groups is 1. The minimum Gasteiger partial charge on any atom is -0.361 e. The summed E-state index contributed by atoms with van der Waals surface area (Å²) in [6, 6.07) is 20.7. The highest BCUT2D eigenvalue weighted by Gasteiger charge is 2.30. The number of nitrogens with one attached hydrogen (secondary N) is 9. The number of amides is 6. The van der Waals surface area contributed by atoms with Crippen LogP contribution in [0.15, 0.2) is 97.6 Å². The average Bonchev–Trinajstić information content (AvgIpc) is 3.91. The number of rotatable bonds is 22. The maximum absolute atomic E-state index is 14.2. The second kappa shape index (κ2) is 22.6. The highest BCUT2D eigenvalue weighted by atomic mass is 16.2.